The van der Waals surface area contributed by atoms with E-state index in [0.717, 1.165) is 16.3 Å². The molecule has 1 fully saturated rings. The van der Waals surface area contributed by atoms with Crippen LogP contribution in [-0.2, 0) is 4.79 Å². The van der Waals surface area contributed by atoms with E-state index in [1.54, 1.807) is 18.7 Å². The molecule has 0 aromatic heterocycles. The van der Waals surface area contributed by atoms with Crippen molar-refractivity contribution in [3.63, 3.8) is 0 Å². The summed E-state index contributed by atoms with van der Waals surface area (Å²) in [7, 11) is 4.62. The maximum absolute atomic E-state index is 12.4. The largest absolute Gasteiger partial charge is 0.497 e. The molecule has 0 saturated carbocycles. The highest BCUT2D eigenvalue weighted by atomic mass is 16.5. The summed E-state index contributed by atoms with van der Waals surface area (Å²) in [4.78, 5) is 31.0. The molecule has 26 heavy (non-hydrogen) atoms. The summed E-state index contributed by atoms with van der Waals surface area (Å²) in [5.41, 5.74) is 0.853. The Morgan fingerprint density at radius 1 is 1.27 bits per heavy atom. The number of carbonyl (C=O) groups is 2. The van der Waals surface area contributed by atoms with Gasteiger partial charge in [-0.05, 0) is 29.3 Å². The number of β-amino-alcohol motifs (C(OH)–C–C–N with tert-alkyl or cyclic N) is 1. The van der Waals surface area contributed by atoms with Gasteiger partial charge in [-0.2, -0.15) is 0 Å². The van der Waals surface area contributed by atoms with Crippen LogP contribution >= 0.6 is 0 Å². The Balaban J connectivity index is 1.59. The molecule has 2 atom stereocenters. The number of methoxy groups -OCH3 is 1. The summed E-state index contributed by atoms with van der Waals surface area (Å²) in [6, 6.07) is 6.27. The van der Waals surface area contributed by atoms with Crippen LogP contribution in [0.5, 0.6) is 5.75 Å². The zero-order valence-electron chi connectivity index (χ0n) is 14.9. The fourth-order valence-corrected chi connectivity index (χ4v) is 2.95. The van der Waals surface area contributed by atoms with Gasteiger partial charge in [-0.25, -0.2) is 9.37 Å². The molecule has 138 valence electrons. The number of nitrogens with one attached hydrogen (secondary N) is 1. The van der Waals surface area contributed by atoms with Crippen molar-refractivity contribution in [3.05, 3.63) is 24.3 Å². The number of urea groups is 1. The molecule has 1 saturated heterocycles. The molecule has 0 radical (unpaired) electrons. The van der Waals surface area contributed by atoms with Gasteiger partial charge in [0, 0.05) is 26.3 Å². The normalized spacial score (nSPS) is 20.5. The standard InChI is InChI=1S/C17H22N5O4/c1-20-15-14(16(24)21(2)17(20)25)22(10-19-15)9-12(23)8-18-11-4-6-13(26-3)7-5-11/h4-7,10,12,14,18,23H,8-9H2,1-3H3/q+1. The molecular weight excluding hydrogens is 338 g/mol. The van der Waals surface area contributed by atoms with Gasteiger partial charge in [0.15, 0.2) is 0 Å². The van der Waals surface area contributed by atoms with E-state index in [-0.39, 0.29) is 12.5 Å². The second-order valence-electron chi connectivity index (χ2n) is 6.20. The molecule has 2 aliphatic rings. The Bertz CT molecular complexity index is 774. The topological polar surface area (TPSA) is 97.5 Å². The number of ether oxygens (including phenoxy) is 1. The van der Waals surface area contributed by atoms with Gasteiger partial charge in [0.2, 0.25) is 0 Å². The van der Waals surface area contributed by atoms with Crippen LogP contribution in [-0.4, -0.2) is 90.0 Å². The quantitative estimate of drug-likeness (QED) is 0.686. The maximum Gasteiger partial charge on any atom is 0.333 e. The van der Waals surface area contributed by atoms with Crippen molar-refractivity contribution in [2.45, 2.75) is 12.1 Å². The van der Waals surface area contributed by atoms with Gasteiger partial charge in [-0.15, -0.1) is 0 Å². The van der Waals surface area contributed by atoms with Crippen LogP contribution in [0.1, 0.15) is 0 Å². The number of aliphatic imine (C=N–C) groups is 1. The molecule has 9 heteroatoms. The average Bonchev–Trinajstić information content (AvgIpc) is 3.07. The minimum Gasteiger partial charge on any atom is -0.497 e. The lowest BCUT2D eigenvalue weighted by Gasteiger charge is -2.31. The average molecular weight is 360 g/mol. The Hall–Kier alpha value is -2.94. The van der Waals surface area contributed by atoms with E-state index in [1.807, 2.05) is 24.3 Å². The first-order valence-electron chi connectivity index (χ1n) is 8.20. The third-order valence-corrected chi connectivity index (χ3v) is 4.45. The zero-order valence-corrected chi connectivity index (χ0v) is 14.9. The zero-order chi connectivity index (χ0) is 18.8. The Kier molecular flexibility index (Phi) is 4.90. The molecular formula is C17H22N5O4+. The van der Waals surface area contributed by atoms with E-state index in [9.17, 15) is 14.7 Å². The molecule has 2 heterocycles. The van der Waals surface area contributed by atoms with Gasteiger partial charge < -0.3 is 15.2 Å². The third kappa shape index (κ3) is 3.25. The number of likely N-dealkylation sites (N-methyl/N-ethyl adjacent to an activating group) is 2. The lowest BCUT2D eigenvalue weighted by molar-refractivity contribution is -0.539. The summed E-state index contributed by atoms with van der Waals surface area (Å²) in [5.74, 6) is 0.787. The SMILES string of the molecule is COc1ccc(NCC(O)C[N+]2=CN=C3C2C(=O)N(C)C(=O)N3C)cc1. The van der Waals surface area contributed by atoms with Crippen molar-refractivity contribution in [2.75, 3.05) is 39.6 Å². The lowest BCUT2D eigenvalue weighted by Crippen LogP contribution is -2.62. The molecule has 1 aromatic carbocycles. The van der Waals surface area contributed by atoms with E-state index >= 15 is 0 Å². The van der Waals surface area contributed by atoms with E-state index in [4.69, 9.17) is 4.74 Å². The summed E-state index contributed by atoms with van der Waals surface area (Å²) in [6.07, 6.45) is 0.765. The van der Waals surface area contributed by atoms with Crippen molar-refractivity contribution >= 4 is 29.8 Å². The highest BCUT2D eigenvalue weighted by molar-refractivity contribution is 6.21. The number of benzene rings is 1. The van der Waals surface area contributed by atoms with Gasteiger partial charge in [0.05, 0.1) is 7.11 Å². The number of fused-ring (bicyclic) bond motifs is 1. The summed E-state index contributed by atoms with van der Waals surface area (Å²) in [5, 5.41) is 13.5. The number of aliphatic hydroxyl groups excluding tert-OH is 1. The molecule has 0 aliphatic carbocycles. The second-order valence-corrected chi connectivity index (χ2v) is 6.20. The van der Waals surface area contributed by atoms with Crippen LogP contribution in [0.15, 0.2) is 29.3 Å². The van der Waals surface area contributed by atoms with Gasteiger partial charge >= 0.3 is 6.03 Å². The number of anilines is 1. The number of hydrogen-bond donors (Lipinski definition) is 2. The summed E-state index contributed by atoms with van der Waals surface area (Å²) in [6.45, 7) is 0.514. The predicted molar refractivity (Wildman–Crippen MR) is 95.8 cm³/mol. The highest BCUT2D eigenvalue weighted by Crippen LogP contribution is 2.17. The maximum atomic E-state index is 12.4. The fourth-order valence-electron chi connectivity index (χ4n) is 2.95. The number of amidine groups is 1. The van der Waals surface area contributed by atoms with Crippen LogP contribution in [0.2, 0.25) is 0 Å². The van der Waals surface area contributed by atoms with Crippen molar-refractivity contribution in [1.82, 2.24) is 9.80 Å². The van der Waals surface area contributed by atoms with Gasteiger partial charge in [-0.1, -0.05) is 0 Å². The smallest absolute Gasteiger partial charge is 0.333 e. The molecule has 2 unspecified atom stereocenters. The van der Waals surface area contributed by atoms with Crippen molar-refractivity contribution in [2.24, 2.45) is 4.99 Å². The molecule has 1 aromatic rings. The third-order valence-electron chi connectivity index (χ3n) is 4.45. The highest BCUT2D eigenvalue weighted by Gasteiger charge is 2.50. The first kappa shape index (κ1) is 17.9. The number of aliphatic hydroxyl groups is 1. The van der Waals surface area contributed by atoms with Crippen molar-refractivity contribution < 1.29 is 24.0 Å². The van der Waals surface area contributed by atoms with E-state index in [2.05, 4.69) is 10.3 Å². The van der Waals surface area contributed by atoms with Crippen LogP contribution < -0.4 is 10.1 Å². The number of hydrogen-bond acceptors (Lipinski definition) is 6. The first-order chi connectivity index (χ1) is 12.4. The Labute approximate surface area is 151 Å². The summed E-state index contributed by atoms with van der Waals surface area (Å²) >= 11 is 0. The van der Waals surface area contributed by atoms with E-state index in [0.29, 0.717) is 12.4 Å². The molecule has 0 bridgehead atoms. The van der Waals surface area contributed by atoms with Crippen molar-refractivity contribution in [3.8, 4) is 5.75 Å². The lowest BCUT2D eigenvalue weighted by atomic mass is 10.1. The number of nitrogens with zero attached hydrogens (tertiary/aromatic N) is 4. The number of carbonyl (C=O) groups excluding carboxylic acids is 2. The molecule has 3 rings (SSSR count). The molecule has 3 amide bonds. The Morgan fingerprint density at radius 2 is 1.96 bits per heavy atom. The number of rotatable bonds is 6. The fraction of sp³-hybridized carbons (Fsp3) is 0.412. The van der Waals surface area contributed by atoms with Gasteiger partial charge in [0.1, 0.15) is 18.4 Å². The van der Waals surface area contributed by atoms with E-state index < -0.39 is 18.2 Å². The van der Waals surface area contributed by atoms with Crippen LogP contribution in [0, 0.1) is 0 Å². The Morgan fingerprint density at radius 3 is 2.62 bits per heavy atom. The molecule has 2 aliphatic heterocycles. The summed E-state index contributed by atoms with van der Waals surface area (Å²) < 4.78 is 6.75. The number of amides is 3. The van der Waals surface area contributed by atoms with Crippen LogP contribution in [0.3, 0.4) is 0 Å². The number of imide groups is 1. The van der Waals surface area contributed by atoms with Gasteiger partial charge in [-0.3, -0.25) is 14.6 Å². The van der Waals surface area contributed by atoms with Gasteiger partial charge in [0.25, 0.3) is 24.1 Å². The first-order valence-corrected chi connectivity index (χ1v) is 8.20. The minimum absolute atomic E-state index is 0.211. The minimum atomic E-state index is -0.732. The van der Waals surface area contributed by atoms with Crippen LogP contribution in [0.4, 0.5) is 10.5 Å². The second kappa shape index (κ2) is 7.12. The monoisotopic (exact) mass is 360 g/mol. The molecule has 9 nitrogen and oxygen atoms in total. The molecule has 0 spiro atoms. The van der Waals surface area contributed by atoms with E-state index in [1.165, 1.54) is 18.3 Å². The molecule has 2 N–H and O–H groups in total. The predicted octanol–water partition coefficient (Wildman–Crippen LogP) is -0.187. The van der Waals surface area contributed by atoms with Crippen molar-refractivity contribution in [1.29, 1.82) is 0 Å². The van der Waals surface area contributed by atoms with Crippen LogP contribution in [0.25, 0.3) is 0 Å².